The highest BCUT2D eigenvalue weighted by molar-refractivity contribution is 6.02. The molecule has 1 unspecified atom stereocenters. The van der Waals surface area contributed by atoms with Gasteiger partial charge in [-0.05, 0) is 31.5 Å². The first kappa shape index (κ1) is 21.7. The van der Waals surface area contributed by atoms with Crippen LogP contribution in [0.3, 0.4) is 0 Å². The minimum atomic E-state index is -4.55. The molecule has 0 saturated heterocycles. The van der Waals surface area contributed by atoms with Crippen molar-refractivity contribution in [1.29, 1.82) is 0 Å². The van der Waals surface area contributed by atoms with Gasteiger partial charge in [0.05, 0.1) is 11.6 Å². The van der Waals surface area contributed by atoms with Gasteiger partial charge in [-0.15, -0.1) is 0 Å². The third kappa shape index (κ3) is 5.15. The van der Waals surface area contributed by atoms with Crippen molar-refractivity contribution < 1.29 is 27.3 Å². The van der Waals surface area contributed by atoms with Crippen LogP contribution in [0.1, 0.15) is 50.8 Å². The van der Waals surface area contributed by atoms with Crippen LogP contribution in [0.15, 0.2) is 41.2 Å². The van der Waals surface area contributed by atoms with E-state index in [4.69, 9.17) is 10.3 Å². The number of nitrogens with zero attached hydrogens (tertiary/aromatic N) is 3. The minimum absolute atomic E-state index is 0.0301. The van der Waals surface area contributed by atoms with Crippen LogP contribution in [0, 0.1) is 6.92 Å². The summed E-state index contributed by atoms with van der Waals surface area (Å²) in [6, 6.07) is 5.33. The summed E-state index contributed by atoms with van der Waals surface area (Å²) in [5.41, 5.74) is 4.90. The van der Waals surface area contributed by atoms with Crippen molar-refractivity contribution in [2.45, 2.75) is 26.1 Å². The Morgan fingerprint density at radius 2 is 1.87 bits per heavy atom. The standard InChI is InChI=1S/C19H17F3N6O3/c1-9-3-4-11(5-12(9)19(20,21)22)27-18(30)15-6-13(28-31-15)10(2)26-17(29)14-7-16(23)25-8-24-14/h3-8,10H,1-2H3,(H,26,29)(H,27,30)(H2,23,24,25). The molecule has 0 saturated carbocycles. The van der Waals surface area contributed by atoms with Crippen molar-refractivity contribution in [2.75, 3.05) is 11.1 Å². The highest BCUT2D eigenvalue weighted by Gasteiger charge is 2.32. The first-order valence-electron chi connectivity index (χ1n) is 8.89. The van der Waals surface area contributed by atoms with Gasteiger partial charge in [0.1, 0.15) is 23.5 Å². The van der Waals surface area contributed by atoms with E-state index in [0.717, 1.165) is 12.4 Å². The second kappa shape index (κ2) is 8.42. The first-order chi connectivity index (χ1) is 14.5. The average Bonchev–Trinajstić information content (AvgIpc) is 3.19. The summed E-state index contributed by atoms with van der Waals surface area (Å²) in [6.07, 6.45) is -3.41. The van der Waals surface area contributed by atoms with Gasteiger partial charge in [0.25, 0.3) is 11.8 Å². The van der Waals surface area contributed by atoms with Crippen molar-refractivity contribution in [3.05, 3.63) is 64.9 Å². The van der Waals surface area contributed by atoms with Crippen LogP contribution in [-0.4, -0.2) is 26.9 Å². The van der Waals surface area contributed by atoms with Gasteiger partial charge in [-0.2, -0.15) is 13.2 Å². The number of benzene rings is 1. The van der Waals surface area contributed by atoms with Crippen LogP contribution in [0.25, 0.3) is 0 Å². The van der Waals surface area contributed by atoms with Crippen LogP contribution in [0.5, 0.6) is 0 Å². The van der Waals surface area contributed by atoms with Gasteiger partial charge in [0, 0.05) is 17.8 Å². The molecule has 2 aromatic heterocycles. The number of hydrogen-bond acceptors (Lipinski definition) is 7. The van der Waals surface area contributed by atoms with Gasteiger partial charge in [-0.1, -0.05) is 11.2 Å². The fourth-order valence-corrected chi connectivity index (χ4v) is 2.64. The molecule has 31 heavy (non-hydrogen) atoms. The molecule has 162 valence electrons. The largest absolute Gasteiger partial charge is 0.416 e. The van der Waals surface area contributed by atoms with Crippen LogP contribution in [0.2, 0.25) is 0 Å². The predicted octanol–water partition coefficient (Wildman–Crippen LogP) is 3.12. The smallest absolute Gasteiger partial charge is 0.384 e. The molecule has 9 nitrogen and oxygen atoms in total. The summed E-state index contributed by atoms with van der Waals surface area (Å²) < 4.78 is 44.1. The fourth-order valence-electron chi connectivity index (χ4n) is 2.64. The van der Waals surface area contributed by atoms with Gasteiger partial charge in [0.15, 0.2) is 0 Å². The number of hydrogen-bond donors (Lipinski definition) is 3. The lowest BCUT2D eigenvalue weighted by atomic mass is 10.1. The maximum atomic E-state index is 13.0. The zero-order chi connectivity index (χ0) is 22.8. The van der Waals surface area contributed by atoms with E-state index in [1.807, 2.05) is 0 Å². The Labute approximate surface area is 173 Å². The average molecular weight is 434 g/mol. The number of nitrogens with one attached hydrogen (secondary N) is 2. The van der Waals surface area contributed by atoms with Crippen LogP contribution < -0.4 is 16.4 Å². The molecular formula is C19H17F3N6O3. The van der Waals surface area contributed by atoms with E-state index in [9.17, 15) is 22.8 Å². The Morgan fingerprint density at radius 1 is 1.13 bits per heavy atom. The SMILES string of the molecule is Cc1ccc(NC(=O)c2cc(C(C)NC(=O)c3cc(N)ncn3)no2)cc1C(F)(F)F. The first-order valence-corrected chi connectivity index (χ1v) is 8.89. The van der Waals surface area contributed by atoms with E-state index in [2.05, 4.69) is 25.8 Å². The van der Waals surface area contributed by atoms with Crippen molar-refractivity contribution in [3.8, 4) is 0 Å². The Hall–Kier alpha value is -3.96. The molecular weight excluding hydrogens is 417 g/mol. The number of anilines is 2. The molecule has 1 aromatic carbocycles. The Bertz CT molecular complexity index is 1130. The third-order valence-corrected chi connectivity index (χ3v) is 4.27. The van der Waals surface area contributed by atoms with E-state index in [0.29, 0.717) is 0 Å². The number of alkyl halides is 3. The molecule has 1 atom stereocenters. The monoisotopic (exact) mass is 434 g/mol. The predicted molar refractivity (Wildman–Crippen MR) is 103 cm³/mol. The van der Waals surface area contributed by atoms with Crippen molar-refractivity contribution in [1.82, 2.24) is 20.4 Å². The number of amides is 2. The number of aromatic nitrogens is 3. The van der Waals surface area contributed by atoms with Crippen molar-refractivity contribution in [3.63, 3.8) is 0 Å². The summed E-state index contributed by atoms with van der Waals surface area (Å²) in [7, 11) is 0. The normalized spacial score (nSPS) is 12.3. The van der Waals surface area contributed by atoms with Crippen molar-refractivity contribution in [2.24, 2.45) is 0 Å². The quantitative estimate of drug-likeness (QED) is 0.561. The van der Waals surface area contributed by atoms with Gasteiger partial charge in [0.2, 0.25) is 5.76 Å². The molecule has 0 spiro atoms. The molecule has 0 aliphatic heterocycles. The molecule has 2 amide bonds. The second-order valence-corrected chi connectivity index (χ2v) is 6.62. The summed E-state index contributed by atoms with van der Waals surface area (Å²) in [5.74, 6) is -1.46. The Kier molecular flexibility index (Phi) is 5.90. The lowest BCUT2D eigenvalue weighted by molar-refractivity contribution is -0.138. The van der Waals surface area contributed by atoms with Gasteiger partial charge < -0.3 is 20.9 Å². The minimum Gasteiger partial charge on any atom is -0.384 e. The number of aryl methyl sites for hydroxylation is 1. The van der Waals surface area contributed by atoms with Gasteiger partial charge in [-0.3, -0.25) is 9.59 Å². The summed E-state index contributed by atoms with van der Waals surface area (Å²) in [6.45, 7) is 2.92. The van der Waals surface area contributed by atoms with E-state index >= 15 is 0 Å². The molecule has 3 rings (SSSR count). The number of carbonyl (C=O) groups excluding carboxylic acids is 2. The zero-order valence-electron chi connectivity index (χ0n) is 16.3. The maximum absolute atomic E-state index is 13.0. The topological polar surface area (TPSA) is 136 Å². The molecule has 0 bridgehead atoms. The molecule has 4 N–H and O–H groups in total. The zero-order valence-corrected chi connectivity index (χ0v) is 16.3. The molecule has 0 radical (unpaired) electrons. The lowest BCUT2D eigenvalue weighted by Crippen LogP contribution is -2.27. The molecule has 0 aliphatic carbocycles. The van der Waals surface area contributed by atoms with Crippen molar-refractivity contribution >= 4 is 23.3 Å². The van der Waals surface area contributed by atoms with Crippen LogP contribution >= 0.6 is 0 Å². The van der Waals surface area contributed by atoms with E-state index < -0.39 is 29.6 Å². The summed E-state index contributed by atoms with van der Waals surface area (Å²) in [4.78, 5) is 32.0. The van der Waals surface area contributed by atoms with Crippen LogP contribution in [0.4, 0.5) is 24.7 Å². The number of halogens is 3. The van der Waals surface area contributed by atoms with E-state index in [1.54, 1.807) is 6.92 Å². The molecule has 12 heteroatoms. The van der Waals surface area contributed by atoms with E-state index in [-0.39, 0.29) is 34.2 Å². The number of carbonyl (C=O) groups is 2. The lowest BCUT2D eigenvalue weighted by Gasteiger charge is -2.12. The highest BCUT2D eigenvalue weighted by Crippen LogP contribution is 2.33. The molecule has 3 aromatic rings. The van der Waals surface area contributed by atoms with Crippen LogP contribution in [-0.2, 0) is 6.18 Å². The third-order valence-electron chi connectivity index (χ3n) is 4.27. The molecule has 0 aliphatic rings. The Balaban J connectivity index is 1.69. The molecule has 0 fully saturated rings. The second-order valence-electron chi connectivity index (χ2n) is 6.62. The summed E-state index contributed by atoms with van der Waals surface area (Å²) >= 11 is 0. The maximum Gasteiger partial charge on any atom is 0.416 e. The van der Waals surface area contributed by atoms with E-state index in [1.165, 1.54) is 31.2 Å². The number of nitrogen functional groups attached to an aromatic ring is 1. The Morgan fingerprint density at radius 3 is 2.55 bits per heavy atom. The van der Waals surface area contributed by atoms with Gasteiger partial charge in [-0.25, -0.2) is 9.97 Å². The highest BCUT2D eigenvalue weighted by atomic mass is 19.4. The fraction of sp³-hybridized carbons (Fsp3) is 0.211. The summed E-state index contributed by atoms with van der Waals surface area (Å²) in [5, 5.41) is 8.67. The number of rotatable bonds is 5. The number of nitrogens with two attached hydrogens (primary N) is 1. The molecule has 2 heterocycles. The van der Waals surface area contributed by atoms with Gasteiger partial charge >= 0.3 is 6.18 Å².